The van der Waals surface area contributed by atoms with E-state index in [1.165, 1.54) is 0 Å². The highest BCUT2D eigenvalue weighted by atomic mass is 35.5. The Morgan fingerprint density at radius 3 is 2.86 bits per heavy atom. The Balaban J connectivity index is 1.46. The van der Waals surface area contributed by atoms with E-state index in [2.05, 4.69) is 44.6 Å². The fourth-order valence-electron chi connectivity index (χ4n) is 4.48. The van der Waals surface area contributed by atoms with Crippen LogP contribution >= 0.6 is 11.6 Å². The van der Waals surface area contributed by atoms with Crippen molar-refractivity contribution >= 4 is 35.0 Å². The molecule has 2 aliphatic rings. The number of morpholine rings is 1. The molecule has 1 fully saturated rings. The van der Waals surface area contributed by atoms with E-state index in [0.717, 1.165) is 65.8 Å². The van der Waals surface area contributed by atoms with Gasteiger partial charge in [0.2, 0.25) is 0 Å². The van der Waals surface area contributed by atoms with Gasteiger partial charge >= 0.3 is 0 Å². The number of aliphatic imine (C=N–C) groups is 2. The lowest BCUT2D eigenvalue weighted by Crippen LogP contribution is -2.46. The normalized spacial score (nSPS) is 20.3. The van der Waals surface area contributed by atoms with Gasteiger partial charge in [0, 0.05) is 61.6 Å². The molecule has 2 atom stereocenters. The van der Waals surface area contributed by atoms with Crippen molar-refractivity contribution in [2.45, 2.75) is 19.2 Å². The van der Waals surface area contributed by atoms with E-state index in [1.54, 1.807) is 13.2 Å². The van der Waals surface area contributed by atoms with Gasteiger partial charge < -0.3 is 15.4 Å². The van der Waals surface area contributed by atoms with Gasteiger partial charge in [0.1, 0.15) is 12.0 Å². The fraction of sp³-hybridized carbons (Fsp3) is 0.296. The highest BCUT2D eigenvalue weighted by Gasteiger charge is 2.25. The molecule has 0 radical (unpaired) electrons. The largest absolute Gasteiger partial charge is 0.376 e. The molecule has 1 aromatic heterocycles. The highest BCUT2D eigenvalue weighted by Crippen LogP contribution is 2.32. The first kappa shape index (κ1) is 23.5. The number of pyridine rings is 1. The molecule has 2 aromatic carbocycles. The third-order valence-electron chi connectivity index (χ3n) is 6.12. The number of anilines is 2. The smallest absolute Gasteiger partial charge is 0.137 e. The minimum absolute atomic E-state index is 0.101. The molecule has 2 aliphatic heterocycles. The van der Waals surface area contributed by atoms with E-state index in [9.17, 15) is 0 Å². The first-order chi connectivity index (χ1) is 17.1. The van der Waals surface area contributed by atoms with Crippen molar-refractivity contribution in [3.63, 3.8) is 0 Å². The lowest BCUT2D eigenvalue weighted by molar-refractivity contribution is -0.0190. The fourth-order valence-corrected chi connectivity index (χ4v) is 4.71. The molecule has 0 aliphatic carbocycles. The Morgan fingerprint density at radius 1 is 1.23 bits per heavy atom. The molecule has 0 bridgehead atoms. The van der Waals surface area contributed by atoms with Gasteiger partial charge in [-0.2, -0.15) is 0 Å². The van der Waals surface area contributed by atoms with Crippen LogP contribution in [0.3, 0.4) is 0 Å². The van der Waals surface area contributed by atoms with Crippen molar-refractivity contribution in [3.05, 3.63) is 76.9 Å². The first-order valence-electron chi connectivity index (χ1n) is 11.8. The molecule has 2 N–H and O–H groups in total. The van der Waals surface area contributed by atoms with Crippen molar-refractivity contribution in [1.82, 2.24) is 9.88 Å². The van der Waals surface area contributed by atoms with Crippen LogP contribution < -0.4 is 10.6 Å². The maximum Gasteiger partial charge on any atom is 0.137 e. The van der Waals surface area contributed by atoms with Crippen molar-refractivity contribution in [2.24, 2.45) is 9.98 Å². The zero-order valence-electron chi connectivity index (χ0n) is 19.9. The molecule has 0 amide bonds. The SMILES string of the molecule is CN=Cc1ccc(NC2=NC(CN3CCO[C@H](C)C3)Nc3cc(-c4ncccc4Cl)ccc32)cc1. The number of hydrogen-bond acceptors (Lipinski definition) is 7. The second-order valence-corrected chi connectivity index (χ2v) is 9.21. The average molecular weight is 489 g/mol. The molecule has 35 heavy (non-hydrogen) atoms. The number of rotatable bonds is 5. The molecule has 1 unspecified atom stereocenters. The lowest BCUT2D eigenvalue weighted by atomic mass is 10.0. The third-order valence-corrected chi connectivity index (χ3v) is 6.43. The molecule has 0 spiro atoms. The van der Waals surface area contributed by atoms with Gasteiger partial charge in [-0.05, 0) is 48.9 Å². The Bertz CT molecular complexity index is 1240. The summed E-state index contributed by atoms with van der Waals surface area (Å²) >= 11 is 6.44. The molecule has 5 rings (SSSR count). The first-order valence-corrected chi connectivity index (χ1v) is 12.2. The summed E-state index contributed by atoms with van der Waals surface area (Å²) in [6.07, 6.45) is 3.73. The molecule has 0 saturated carbocycles. The number of amidine groups is 1. The molecule has 1 saturated heterocycles. The molecule has 180 valence electrons. The second-order valence-electron chi connectivity index (χ2n) is 8.81. The number of benzene rings is 2. The topological polar surface area (TPSA) is 74.1 Å². The van der Waals surface area contributed by atoms with Crippen molar-refractivity contribution in [2.75, 3.05) is 43.9 Å². The van der Waals surface area contributed by atoms with E-state index in [0.29, 0.717) is 5.02 Å². The molecule has 3 heterocycles. The van der Waals surface area contributed by atoms with Crippen LogP contribution in [0.2, 0.25) is 5.02 Å². The highest BCUT2D eigenvalue weighted by molar-refractivity contribution is 6.33. The Morgan fingerprint density at radius 2 is 2.09 bits per heavy atom. The summed E-state index contributed by atoms with van der Waals surface area (Å²) in [4.78, 5) is 16.0. The van der Waals surface area contributed by atoms with Crippen molar-refractivity contribution in [1.29, 1.82) is 0 Å². The molecular formula is C27H29ClN6O. The number of halogens is 1. The van der Waals surface area contributed by atoms with Gasteiger partial charge in [-0.3, -0.25) is 14.9 Å². The molecular weight excluding hydrogens is 460 g/mol. The Hall–Kier alpha value is -3.26. The van der Waals surface area contributed by atoms with E-state index >= 15 is 0 Å². The number of nitrogens with one attached hydrogen (secondary N) is 2. The van der Waals surface area contributed by atoms with Gasteiger partial charge in [0.25, 0.3) is 0 Å². The van der Waals surface area contributed by atoms with Crippen LogP contribution in [0.15, 0.2) is 70.8 Å². The van der Waals surface area contributed by atoms with E-state index in [4.69, 9.17) is 21.3 Å². The Kier molecular flexibility index (Phi) is 7.08. The van der Waals surface area contributed by atoms with E-state index < -0.39 is 0 Å². The average Bonchev–Trinajstić information content (AvgIpc) is 2.85. The van der Waals surface area contributed by atoms with Crippen LogP contribution in [0.5, 0.6) is 0 Å². The lowest BCUT2D eigenvalue weighted by Gasteiger charge is -2.35. The van der Waals surface area contributed by atoms with E-state index in [-0.39, 0.29) is 12.3 Å². The van der Waals surface area contributed by atoms with Crippen LogP contribution in [0.25, 0.3) is 11.3 Å². The van der Waals surface area contributed by atoms with Crippen LogP contribution in [0, 0.1) is 0 Å². The predicted octanol–water partition coefficient (Wildman–Crippen LogP) is 4.78. The number of ether oxygens (including phenoxy) is 1. The maximum absolute atomic E-state index is 6.44. The zero-order valence-corrected chi connectivity index (χ0v) is 20.7. The summed E-state index contributed by atoms with van der Waals surface area (Å²) in [6, 6.07) is 18.1. The van der Waals surface area contributed by atoms with Crippen LogP contribution in [-0.2, 0) is 4.74 Å². The number of aromatic nitrogens is 1. The van der Waals surface area contributed by atoms with Crippen molar-refractivity contribution < 1.29 is 4.74 Å². The minimum atomic E-state index is -0.101. The van der Waals surface area contributed by atoms with Gasteiger partial charge in [-0.25, -0.2) is 4.99 Å². The zero-order chi connectivity index (χ0) is 24.2. The Labute approximate surface area is 210 Å². The van der Waals surface area contributed by atoms with Crippen molar-refractivity contribution in [3.8, 4) is 11.3 Å². The summed E-state index contributed by atoms with van der Waals surface area (Å²) in [7, 11) is 1.77. The number of hydrogen-bond donors (Lipinski definition) is 2. The van der Waals surface area contributed by atoms with E-state index in [1.807, 2.05) is 48.7 Å². The molecule has 3 aromatic rings. The monoisotopic (exact) mass is 488 g/mol. The summed E-state index contributed by atoms with van der Waals surface area (Å²) in [5, 5.41) is 7.80. The standard InChI is InChI=1S/C27H29ClN6O/c1-18-16-34(12-13-35-18)17-25-32-24-14-20(26-23(28)4-3-11-30-26)7-10-22(24)27(33-25)31-21-8-5-19(6-9-21)15-29-2/h3-11,14-15,18,25,32H,12-13,16-17H2,1-2H3,(H,31,33)/t18-,25?/m1/s1. The second kappa shape index (κ2) is 10.6. The summed E-state index contributed by atoms with van der Waals surface area (Å²) in [5.41, 5.74) is 5.77. The number of fused-ring (bicyclic) bond motifs is 1. The summed E-state index contributed by atoms with van der Waals surface area (Å²) in [5.74, 6) is 0.834. The van der Waals surface area contributed by atoms with Crippen LogP contribution in [-0.4, -0.2) is 67.5 Å². The van der Waals surface area contributed by atoms with Gasteiger partial charge in [0.05, 0.1) is 23.4 Å². The van der Waals surface area contributed by atoms with Crippen LogP contribution in [0.4, 0.5) is 11.4 Å². The minimum Gasteiger partial charge on any atom is -0.376 e. The van der Waals surface area contributed by atoms with Gasteiger partial charge in [0.15, 0.2) is 0 Å². The quantitative estimate of drug-likeness (QED) is 0.505. The molecule has 7 nitrogen and oxygen atoms in total. The third kappa shape index (κ3) is 5.53. The van der Waals surface area contributed by atoms with Crippen LogP contribution in [0.1, 0.15) is 18.1 Å². The number of nitrogens with zero attached hydrogens (tertiary/aromatic N) is 4. The maximum atomic E-state index is 6.44. The molecule has 8 heteroatoms. The summed E-state index contributed by atoms with van der Waals surface area (Å²) in [6.45, 7) is 5.45. The predicted molar refractivity (Wildman–Crippen MR) is 144 cm³/mol. The van der Waals surface area contributed by atoms with Gasteiger partial charge in [-0.15, -0.1) is 0 Å². The summed E-state index contributed by atoms with van der Waals surface area (Å²) < 4.78 is 5.72. The van der Waals surface area contributed by atoms with Gasteiger partial charge in [-0.1, -0.05) is 29.8 Å².